The summed E-state index contributed by atoms with van der Waals surface area (Å²) >= 11 is 0. The minimum atomic E-state index is -3.36. The lowest BCUT2D eigenvalue weighted by Gasteiger charge is -2.15. The Balaban J connectivity index is 2.56. The van der Waals surface area contributed by atoms with Crippen molar-refractivity contribution in [3.8, 4) is 0 Å². The molecule has 7 nitrogen and oxygen atoms in total. The van der Waals surface area contributed by atoms with Crippen molar-refractivity contribution in [3.05, 3.63) is 35.4 Å². The normalized spacial score (nSPS) is 12.4. The van der Waals surface area contributed by atoms with Gasteiger partial charge in [-0.05, 0) is 44.7 Å². The molecule has 0 fully saturated rings. The van der Waals surface area contributed by atoms with E-state index in [2.05, 4.69) is 20.3 Å². The first-order chi connectivity index (χ1) is 12.9. The van der Waals surface area contributed by atoms with Gasteiger partial charge in [-0.1, -0.05) is 24.3 Å². The molecule has 0 heterocycles. The van der Waals surface area contributed by atoms with Gasteiger partial charge in [0, 0.05) is 39.4 Å². The van der Waals surface area contributed by atoms with Gasteiger partial charge in [-0.25, -0.2) is 13.1 Å². The Bertz CT molecular complexity index is 675. The number of rotatable bonds is 12. The third kappa shape index (κ3) is 10.3. The molecule has 1 rings (SSSR count). The van der Waals surface area contributed by atoms with Crippen molar-refractivity contribution in [2.75, 3.05) is 26.8 Å². The van der Waals surface area contributed by atoms with E-state index < -0.39 is 10.0 Å². The summed E-state index contributed by atoms with van der Waals surface area (Å²) in [4.78, 5) is 4.21. The molecule has 3 N–H and O–H groups in total. The maximum atomic E-state index is 12.2. The summed E-state index contributed by atoms with van der Waals surface area (Å²) in [6.07, 6.45) is 2.00. The third-order valence-corrected chi connectivity index (χ3v) is 5.28. The SMILES string of the molecule is CCOCCCCNC(=NC)NCc1ccccc1CS(=O)(=O)NC(C)C. The van der Waals surface area contributed by atoms with E-state index in [1.165, 1.54) is 0 Å². The molecule has 0 aliphatic rings. The van der Waals surface area contributed by atoms with Crippen molar-refractivity contribution in [1.82, 2.24) is 15.4 Å². The lowest BCUT2D eigenvalue weighted by Crippen LogP contribution is -2.37. The molecule has 1 aromatic rings. The van der Waals surface area contributed by atoms with Gasteiger partial charge >= 0.3 is 0 Å². The lowest BCUT2D eigenvalue weighted by molar-refractivity contribution is 0.143. The van der Waals surface area contributed by atoms with Gasteiger partial charge in [-0.15, -0.1) is 0 Å². The monoisotopic (exact) mass is 398 g/mol. The highest BCUT2D eigenvalue weighted by Gasteiger charge is 2.15. The van der Waals surface area contributed by atoms with E-state index in [9.17, 15) is 8.42 Å². The zero-order valence-electron chi connectivity index (χ0n) is 16.9. The summed E-state index contributed by atoms with van der Waals surface area (Å²) in [7, 11) is -1.64. The van der Waals surface area contributed by atoms with Crippen LogP contribution in [0.3, 0.4) is 0 Å². The highest BCUT2D eigenvalue weighted by atomic mass is 32.2. The predicted octanol–water partition coefficient (Wildman–Crippen LogP) is 2.00. The van der Waals surface area contributed by atoms with Crippen LogP contribution < -0.4 is 15.4 Å². The maximum absolute atomic E-state index is 12.2. The van der Waals surface area contributed by atoms with Crippen molar-refractivity contribution in [2.24, 2.45) is 4.99 Å². The number of sulfonamides is 1. The van der Waals surface area contributed by atoms with Crippen LogP contribution in [0, 0.1) is 0 Å². The Kier molecular flexibility index (Phi) is 11.0. The van der Waals surface area contributed by atoms with Gasteiger partial charge in [0.2, 0.25) is 10.0 Å². The van der Waals surface area contributed by atoms with E-state index in [1.807, 2.05) is 45.0 Å². The average molecular weight is 399 g/mol. The topological polar surface area (TPSA) is 91.8 Å². The van der Waals surface area contributed by atoms with E-state index in [0.717, 1.165) is 43.7 Å². The highest BCUT2D eigenvalue weighted by Crippen LogP contribution is 2.12. The fourth-order valence-corrected chi connectivity index (χ4v) is 4.05. The molecule has 0 radical (unpaired) electrons. The number of aliphatic imine (C=N–C) groups is 1. The number of hydrogen-bond acceptors (Lipinski definition) is 4. The quantitative estimate of drug-likeness (QED) is 0.285. The summed E-state index contributed by atoms with van der Waals surface area (Å²) < 4.78 is 32.4. The van der Waals surface area contributed by atoms with Crippen LogP contribution in [-0.2, 0) is 27.1 Å². The Hall–Kier alpha value is -1.64. The summed E-state index contributed by atoms with van der Waals surface area (Å²) in [5.74, 6) is 0.663. The summed E-state index contributed by atoms with van der Waals surface area (Å²) in [5.41, 5.74) is 1.72. The zero-order chi connectivity index (χ0) is 20.1. The van der Waals surface area contributed by atoms with Gasteiger partial charge in [-0.3, -0.25) is 4.99 Å². The van der Waals surface area contributed by atoms with Crippen LogP contribution in [0.5, 0.6) is 0 Å². The van der Waals surface area contributed by atoms with Gasteiger partial charge in [0.25, 0.3) is 0 Å². The molecular formula is C19H34N4O3S. The number of ether oxygens (including phenoxy) is 1. The van der Waals surface area contributed by atoms with E-state index >= 15 is 0 Å². The Morgan fingerprint density at radius 1 is 1.15 bits per heavy atom. The van der Waals surface area contributed by atoms with E-state index in [4.69, 9.17) is 4.74 Å². The van der Waals surface area contributed by atoms with Crippen LogP contribution in [0.25, 0.3) is 0 Å². The van der Waals surface area contributed by atoms with Crippen molar-refractivity contribution in [2.45, 2.75) is 52.0 Å². The van der Waals surface area contributed by atoms with Crippen LogP contribution in [-0.4, -0.2) is 47.2 Å². The van der Waals surface area contributed by atoms with E-state index in [1.54, 1.807) is 7.05 Å². The second-order valence-corrected chi connectivity index (χ2v) is 8.31. The minimum Gasteiger partial charge on any atom is -0.382 e. The molecule has 0 spiro atoms. The molecule has 27 heavy (non-hydrogen) atoms. The third-order valence-electron chi connectivity index (χ3n) is 3.76. The molecule has 0 atom stereocenters. The van der Waals surface area contributed by atoms with Crippen LogP contribution in [0.4, 0.5) is 0 Å². The first-order valence-corrected chi connectivity index (χ1v) is 11.1. The average Bonchev–Trinajstić information content (AvgIpc) is 2.60. The van der Waals surface area contributed by atoms with Crippen molar-refractivity contribution >= 4 is 16.0 Å². The molecular weight excluding hydrogens is 364 g/mol. The molecule has 0 amide bonds. The van der Waals surface area contributed by atoms with Crippen molar-refractivity contribution < 1.29 is 13.2 Å². The van der Waals surface area contributed by atoms with Crippen LogP contribution >= 0.6 is 0 Å². The highest BCUT2D eigenvalue weighted by molar-refractivity contribution is 7.88. The minimum absolute atomic E-state index is 0.0352. The Labute approximate surface area is 164 Å². The first-order valence-electron chi connectivity index (χ1n) is 9.47. The van der Waals surface area contributed by atoms with Crippen LogP contribution in [0.2, 0.25) is 0 Å². The first kappa shape index (κ1) is 23.4. The molecule has 0 saturated heterocycles. The summed E-state index contributed by atoms with van der Waals surface area (Å²) in [6, 6.07) is 7.43. The number of nitrogens with one attached hydrogen (secondary N) is 3. The molecule has 0 aliphatic heterocycles. The molecule has 1 aromatic carbocycles. The van der Waals surface area contributed by atoms with Crippen LogP contribution in [0.1, 0.15) is 44.7 Å². The Morgan fingerprint density at radius 3 is 2.48 bits per heavy atom. The fourth-order valence-electron chi connectivity index (χ4n) is 2.56. The second kappa shape index (κ2) is 12.7. The van der Waals surface area contributed by atoms with Crippen molar-refractivity contribution in [3.63, 3.8) is 0 Å². The van der Waals surface area contributed by atoms with Gasteiger partial charge < -0.3 is 15.4 Å². The molecule has 8 heteroatoms. The predicted molar refractivity (Wildman–Crippen MR) is 111 cm³/mol. The molecule has 0 bridgehead atoms. The lowest BCUT2D eigenvalue weighted by atomic mass is 10.1. The molecule has 0 aromatic heterocycles. The Morgan fingerprint density at radius 2 is 1.85 bits per heavy atom. The summed E-state index contributed by atoms with van der Waals surface area (Å²) in [6.45, 7) is 8.46. The smallest absolute Gasteiger partial charge is 0.216 e. The van der Waals surface area contributed by atoms with Gasteiger partial charge in [-0.2, -0.15) is 0 Å². The molecule has 154 valence electrons. The molecule has 0 unspecified atom stereocenters. The zero-order valence-corrected chi connectivity index (χ0v) is 17.7. The maximum Gasteiger partial charge on any atom is 0.216 e. The summed E-state index contributed by atoms with van der Waals surface area (Å²) in [5, 5.41) is 6.51. The van der Waals surface area contributed by atoms with Crippen molar-refractivity contribution in [1.29, 1.82) is 0 Å². The second-order valence-electron chi connectivity index (χ2n) is 6.56. The number of nitrogens with zero attached hydrogens (tertiary/aromatic N) is 1. The van der Waals surface area contributed by atoms with Gasteiger partial charge in [0.1, 0.15) is 0 Å². The van der Waals surface area contributed by atoms with Gasteiger partial charge in [0.05, 0.1) is 5.75 Å². The standard InChI is InChI=1S/C19H34N4O3S/c1-5-26-13-9-8-12-21-19(20-4)22-14-17-10-6-7-11-18(17)15-27(24,25)23-16(2)3/h6-7,10-11,16,23H,5,8-9,12-15H2,1-4H3,(H2,20,21,22). The van der Waals surface area contributed by atoms with Crippen LogP contribution in [0.15, 0.2) is 29.3 Å². The molecule has 0 aliphatic carbocycles. The number of benzene rings is 1. The largest absolute Gasteiger partial charge is 0.382 e. The number of unbranched alkanes of at least 4 members (excludes halogenated alkanes) is 1. The fraction of sp³-hybridized carbons (Fsp3) is 0.632. The number of hydrogen-bond donors (Lipinski definition) is 3. The van der Waals surface area contributed by atoms with E-state index in [0.29, 0.717) is 12.5 Å². The molecule has 0 saturated carbocycles. The van der Waals surface area contributed by atoms with Gasteiger partial charge in [0.15, 0.2) is 5.96 Å². The number of guanidine groups is 1. The van der Waals surface area contributed by atoms with E-state index in [-0.39, 0.29) is 11.8 Å².